The predicted molar refractivity (Wildman–Crippen MR) is 122 cm³/mol. The molecule has 0 radical (unpaired) electrons. The zero-order chi connectivity index (χ0) is 23.4. The van der Waals surface area contributed by atoms with Crippen molar-refractivity contribution >= 4 is 51.4 Å². The Hall–Kier alpha value is -3.53. The first-order valence-electron chi connectivity index (χ1n) is 10.0. The Labute approximate surface area is 189 Å². The molecule has 0 saturated carbocycles. The number of amides is 3. The summed E-state index contributed by atoms with van der Waals surface area (Å²) in [6.07, 6.45) is 0.288. The fourth-order valence-electron chi connectivity index (χ4n) is 3.12. The maximum atomic E-state index is 13.0. The highest BCUT2D eigenvalue weighted by Crippen LogP contribution is 2.34. The van der Waals surface area contributed by atoms with Crippen molar-refractivity contribution in [1.29, 1.82) is 0 Å². The van der Waals surface area contributed by atoms with E-state index in [4.69, 9.17) is 4.74 Å². The number of hydrogen-bond acceptors (Lipinski definition) is 7. The highest BCUT2D eigenvalue weighted by Gasteiger charge is 2.30. The van der Waals surface area contributed by atoms with Gasteiger partial charge in [-0.2, -0.15) is 5.10 Å². The summed E-state index contributed by atoms with van der Waals surface area (Å²) in [6, 6.07) is 8.81. The predicted octanol–water partition coefficient (Wildman–Crippen LogP) is 3.06. The van der Waals surface area contributed by atoms with Crippen LogP contribution < -0.4 is 10.3 Å². The Morgan fingerprint density at radius 1 is 1.19 bits per heavy atom. The molecular formula is C22H24N4O5S. The van der Waals surface area contributed by atoms with Crippen LogP contribution in [-0.4, -0.2) is 55.0 Å². The van der Waals surface area contributed by atoms with Crippen molar-refractivity contribution in [3.05, 3.63) is 46.3 Å². The average Bonchev–Trinajstić information content (AvgIpc) is 3.09. The van der Waals surface area contributed by atoms with Crippen LogP contribution in [-0.2, 0) is 14.3 Å². The van der Waals surface area contributed by atoms with Crippen molar-refractivity contribution in [2.75, 3.05) is 31.0 Å². The Balaban J connectivity index is 1.94. The summed E-state index contributed by atoms with van der Waals surface area (Å²) in [5, 5.41) is 8.34. The van der Waals surface area contributed by atoms with E-state index in [-0.39, 0.29) is 47.5 Å². The number of esters is 1. The van der Waals surface area contributed by atoms with Crippen LogP contribution in [0, 0.1) is 6.92 Å². The highest BCUT2D eigenvalue weighted by molar-refractivity contribution is 7.18. The minimum Gasteiger partial charge on any atom is -0.462 e. The summed E-state index contributed by atoms with van der Waals surface area (Å²) in [7, 11) is 3.21. The molecule has 2 heterocycles. The maximum Gasteiger partial charge on any atom is 0.341 e. The van der Waals surface area contributed by atoms with Gasteiger partial charge in [0.15, 0.2) is 0 Å². The van der Waals surface area contributed by atoms with Gasteiger partial charge in [0.2, 0.25) is 5.91 Å². The van der Waals surface area contributed by atoms with Crippen molar-refractivity contribution in [3.63, 3.8) is 0 Å². The van der Waals surface area contributed by atoms with E-state index < -0.39 is 11.9 Å². The number of anilines is 2. The van der Waals surface area contributed by atoms with E-state index in [1.54, 1.807) is 52.2 Å². The molecule has 1 N–H and O–H groups in total. The van der Waals surface area contributed by atoms with Gasteiger partial charge >= 0.3 is 5.97 Å². The first-order chi connectivity index (χ1) is 15.2. The molecule has 168 valence electrons. The molecule has 2 aromatic rings. The van der Waals surface area contributed by atoms with Gasteiger partial charge in [0.1, 0.15) is 10.7 Å². The van der Waals surface area contributed by atoms with Crippen LogP contribution in [0.15, 0.2) is 35.4 Å². The lowest BCUT2D eigenvalue weighted by Crippen LogP contribution is -2.36. The van der Waals surface area contributed by atoms with E-state index >= 15 is 0 Å². The van der Waals surface area contributed by atoms with E-state index in [1.807, 2.05) is 6.07 Å². The van der Waals surface area contributed by atoms with Crippen molar-refractivity contribution < 1.29 is 23.9 Å². The van der Waals surface area contributed by atoms with Gasteiger partial charge in [-0.05, 0) is 31.5 Å². The molecule has 0 unspecified atom stereocenters. The molecule has 1 aliphatic heterocycles. The molecule has 1 aromatic carbocycles. The van der Waals surface area contributed by atoms with Gasteiger partial charge < -0.3 is 15.0 Å². The molecule has 3 rings (SSSR count). The number of carbonyl (C=O) groups excluding carboxylic acids is 4. The summed E-state index contributed by atoms with van der Waals surface area (Å²) in [5.74, 6) is -1.67. The quantitative estimate of drug-likeness (QED) is 0.672. The second-order valence-corrected chi connectivity index (χ2v) is 8.24. The Kier molecular flexibility index (Phi) is 7.04. The summed E-state index contributed by atoms with van der Waals surface area (Å²) in [4.78, 5) is 52.1. The smallest absolute Gasteiger partial charge is 0.341 e. The van der Waals surface area contributed by atoms with Crippen molar-refractivity contribution in [3.8, 4) is 0 Å². The number of carbonyl (C=O) groups is 4. The molecule has 1 aromatic heterocycles. The molecule has 0 bridgehead atoms. The number of nitrogens with zero attached hydrogens (tertiary/aromatic N) is 3. The second kappa shape index (κ2) is 9.73. The van der Waals surface area contributed by atoms with Gasteiger partial charge in [0.05, 0.1) is 22.7 Å². The first kappa shape index (κ1) is 23.1. The first-order valence-corrected chi connectivity index (χ1v) is 10.8. The molecule has 0 aliphatic carbocycles. The van der Waals surface area contributed by atoms with Crippen LogP contribution in [0.2, 0.25) is 0 Å². The normalized spacial score (nSPS) is 13.4. The van der Waals surface area contributed by atoms with Crippen LogP contribution in [0.25, 0.3) is 0 Å². The number of rotatable bonds is 6. The Bertz CT molecular complexity index is 1090. The van der Waals surface area contributed by atoms with Gasteiger partial charge in [-0.1, -0.05) is 18.2 Å². The third kappa shape index (κ3) is 4.70. The van der Waals surface area contributed by atoms with Gasteiger partial charge in [-0.15, -0.1) is 11.3 Å². The minimum absolute atomic E-state index is 0.125. The van der Waals surface area contributed by atoms with Gasteiger partial charge in [0.25, 0.3) is 11.8 Å². The third-order valence-electron chi connectivity index (χ3n) is 4.75. The summed E-state index contributed by atoms with van der Waals surface area (Å²) in [6.45, 7) is 3.47. The summed E-state index contributed by atoms with van der Waals surface area (Å²) in [5.41, 5.74) is 1.28. The lowest BCUT2D eigenvalue weighted by atomic mass is 10.1. The van der Waals surface area contributed by atoms with Gasteiger partial charge in [0, 0.05) is 26.9 Å². The van der Waals surface area contributed by atoms with Crippen LogP contribution in [0.1, 0.15) is 45.4 Å². The number of para-hydroxylation sites is 1. The highest BCUT2D eigenvalue weighted by atomic mass is 32.1. The number of nitrogens with one attached hydrogen (secondary N) is 1. The lowest BCUT2D eigenvalue weighted by molar-refractivity contribution is -0.118. The van der Waals surface area contributed by atoms with Gasteiger partial charge in [-0.3, -0.25) is 14.4 Å². The number of ether oxygens (including phenoxy) is 1. The van der Waals surface area contributed by atoms with E-state index in [0.717, 1.165) is 11.3 Å². The average molecular weight is 457 g/mol. The lowest BCUT2D eigenvalue weighted by Gasteiger charge is -2.23. The molecule has 32 heavy (non-hydrogen) atoms. The van der Waals surface area contributed by atoms with Crippen LogP contribution in [0.3, 0.4) is 0 Å². The zero-order valence-electron chi connectivity index (χ0n) is 18.3. The topological polar surface area (TPSA) is 108 Å². The number of benzene rings is 1. The van der Waals surface area contributed by atoms with Crippen LogP contribution >= 0.6 is 11.3 Å². The van der Waals surface area contributed by atoms with Crippen molar-refractivity contribution in [2.45, 2.75) is 26.7 Å². The molecule has 0 fully saturated rings. The molecule has 10 heteroatoms. The van der Waals surface area contributed by atoms with Gasteiger partial charge in [-0.25, -0.2) is 9.80 Å². The van der Waals surface area contributed by atoms with E-state index in [9.17, 15) is 19.2 Å². The summed E-state index contributed by atoms with van der Waals surface area (Å²) < 4.78 is 5.13. The third-order valence-corrected chi connectivity index (χ3v) is 5.94. The minimum atomic E-state index is -0.624. The molecule has 0 atom stereocenters. The molecule has 9 nitrogen and oxygen atoms in total. The van der Waals surface area contributed by atoms with E-state index in [1.165, 1.54) is 9.91 Å². The zero-order valence-corrected chi connectivity index (χ0v) is 19.1. The number of hydrazone groups is 1. The largest absolute Gasteiger partial charge is 0.462 e. The van der Waals surface area contributed by atoms with E-state index in [2.05, 4.69) is 10.4 Å². The van der Waals surface area contributed by atoms with E-state index in [0.29, 0.717) is 16.1 Å². The molecule has 3 amide bonds. The maximum absolute atomic E-state index is 13.0. The monoisotopic (exact) mass is 456 g/mol. The fourth-order valence-corrected chi connectivity index (χ4v) is 4.33. The molecule has 0 saturated heterocycles. The molecule has 1 aliphatic rings. The van der Waals surface area contributed by atoms with Crippen molar-refractivity contribution in [1.82, 2.24) is 4.90 Å². The second-order valence-electron chi connectivity index (χ2n) is 7.22. The number of hydrogen-bond donors (Lipinski definition) is 1. The standard InChI is InChI=1S/C22H24N4O5S/c1-5-31-22(30)17-13(2)18(21(29)25(3)4)32-20(17)23-19(28)15-11-12-16(27)26(24-15)14-9-7-6-8-10-14/h6-10H,5,11-12H2,1-4H3,(H,23,28). The van der Waals surface area contributed by atoms with Crippen molar-refractivity contribution in [2.24, 2.45) is 5.10 Å². The van der Waals surface area contributed by atoms with Crippen LogP contribution in [0.4, 0.5) is 10.7 Å². The Morgan fingerprint density at radius 2 is 1.88 bits per heavy atom. The SMILES string of the molecule is CCOC(=O)c1c(NC(=O)C2=NN(c3ccccc3)C(=O)CC2)sc(C(=O)N(C)C)c1C. The molecular weight excluding hydrogens is 432 g/mol. The van der Waals surface area contributed by atoms with Crippen LogP contribution in [0.5, 0.6) is 0 Å². The summed E-state index contributed by atoms with van der Waals surface area (Å²) >= 11 is 1.01. The fraction of sp³-hybridized carbons (Fsp3) is 0.318. The molecule has 0 spiro atoms. The Morgan fingerprint density at radius 3 is 2.50 bits per heavy atom. The number of thiophene rings is 1.